The van der Waals surface area contributed by atoms with E-state index < -0.39 is 0 Å². The molecule has 75 valence electrons. The highest BCUT2D eigenvalue weighted by molar-refractivity contribution is 5.35. The van der Waals surface area contributed by atoms with Crippen LogP contribution in [0.2, 0.25) is 0 Å². The Morgan fingerprint density at radius 1 is 1.13 bits per heavy atom. The topological polar surface area (TPSA) is 0 Å². The predicted molar refractivity (Wildman–Crippen MR) is 64.1 cm³/mol. The maximum absolute atomic E-state index is 3.32. The normalized spacial score (nSPS) is 20.1. The van der Waals surface area contributed by atoms with Crippen LogP contribution < -0.4 is 0 Å². The van der Waals surface area contributed by atoms with E-state index in [2.05, 4.69) is 42.5 Å². The summed E-state index contributed by atoms with van der Waals surface area (Å²) in [7, 11) is 0. The van der Waals surface area contributed by atoms with Crippen molar-refractivity contribution in [2.24, 2.45) is 5.92 Å². The van der Waals surface area contributed by atoms with E-state index in [0.717, 1.165) is 5.56 Å². The quantitative estimate of drug-likeness (QED) is 0.555. The predicted octanol–water partition coefficient (Wildman–Crippen LogP) is 3.60. The Morgan fingerprint density at radius 2 is 2.00 bits per heavy atom. The Labute approximate surface area is 92.0 Å². The second-order valence-corrected chi connectivity index (χ2v) is 3.79. The number of allylic oxidation sites excluding steroid dienone is 2. The van der Waals surface area contributed by atoms with E-state index in [1.807, 2.05) is 18.2 Å². The molecular weight excluding hydrogens is 180 g/mol. The molecule has 1 aromatic rings. The van der Waals surface area contributed by atoms with Crippen LogP contribution in [0.5, 0.6) is 0 Å². The molecule has 0 saturated carbocycles. The van der Waals surface area contributed by atoms with Crippen molar-refractivity contribution in [1.29, 1.82) is 0 Å². The highest BCUT2D eigenvalue weighted by atomic mass is 14.1. The lowest BCUT2D eigenvalue weighted by molar-refractivity contribution is 0.682. The molecule has 0 nitrogen and oxygen atoms in total. The van der Waals surface area contributed by atoms with Crippen LogP contribution in [0.4, 0.5) is 0 Å². The van der Waals surface area contributed by atoms with Crippen LogP contribution >= 0.6 is 0 Å². The maximum atomic E-state index is 3.32. The first-order chi connectivity index (χ1) is 7.45. The average Bonchev–Trinajstić information content (AvgIpc) is 2.56. The molecule has 1 aliphatic rings. The van der Waals surface area contributed by atoms with Crippen molar-refractivity contribution in [1.82, 2.24) is 0 Å². The Balaban J connectivity index is 2.04. The van der Waals surface area contributed by atoms with Gasteiger partial charge in [0.15, 0.2) is 0 Å². The van der Waals surface area contributed by atoms with E-state index >= 15 is 0 Å². The fourth-order valence-corrected chi connectivity index (χ4v) is 1.68. The molecule has 0 heterocycles. The number of rotatable bonds is 0. The molecule has 0 aliphatic heterocycles. The molecule has 2 rings (SSSR count). The number of benzene rings is 1. The Kier molecular flexibility index (Phi) is 3.63. The van der Waals surface area contributed by atoms with E-state index in [4.69, 9.17) is 0 Å². The SMILES string of the molecule is C(#C[C@H]1C=C[CH]CCC1)c1ccccc1. The number of hydrogen-bond donors (Lipinski definition) is 0. The molecular formula is C15H15. The lowest BCUT2D eigenvalue weighted by Crippen LogP contribution is -1.90. The molecule has 0 fully saturated rings. The zero-order chi connectivity index (χ0) is 10.3. The van der Waals surface area contributed by atoms with Gasteiger partial charge in [0.2, 0.25) is 0 Å². The van der Waals surface area contributed by atoms with Crippen LogP contribution in [0, 0.1) is 24.2 Å². The Morgan fingerprint density at radius 3 is 2.87 bits per heavy atom. The smallest absolute Gasteiger partial charge is 0.0386 e. The van der Waals surface area contributed by atoms with Gasteiger partial charge >= 0.3 is 0 Å². The lowest BCUT2D eigenvalue weighted by atomic mass is 10.0. The van der Waals surface area contributed by atoms with E-state index in [0.29, 0.717) is 5.92 Å². The van der Waals surface area contributed by atoms with Gasteiger partial charge in [0, 0.05) is 11.5 Å². The third-order valence-electron chi connectivity index (χ3n) is 2.54. The Bertz CT molecular complexity index is 375. The molecule has 0 unspecified atom stereocenters. The summed E-state index contributed by atoms with van der Waals surface area (Å²) in [6, 6.07) is 10.2. The third-order valence-corrected chi connectivity index (χ3v) is 2.54. The zero-order valence-corrected chi connectivity index (χ0v) is 8.82. The molecule has 0 amide bonds. The minimum atomic E-state index is 0.434. The van der Waals surface area contributed by atoms with Crippen molar-refractivity contribution in [2.45, 2.75) is 19.3 Å². The highest BCUT2D eigenvalue weighted by Crippen LogP contribution is 2.15. The van der Waals surface area contributed by atoms with Gasteiger partial charge in [-0.2, -0.15) is 0 Å². The first kappa shape index (κ1) is 10.1. The van der Waals surface area contributed by atoms with Gasteiger partial charge in [-0.25, -0.2) is 0 Å². The first-order valence-electron chi connectivity index (χ1n) is 5.52. The van der Waals surface area contributed by atoms with Gasteiger partial charge in [0.1, 0.15) is 0 Å². The third kappa shape index (κ3) is 3.29. The van der Waals surface area contributed by atoms with Gasteiger partial charge in [-0.3, -0.25) is 0 Å². The molecule has 1 radical (unpaired) electrons. The summed E-state index contributed by atoms with van der Waals surface area (Å²) in [5.74, 6) is 6.98. The van der Waals surface area contributed by atoms with Gasteiger partial charge in [0.25, 0.3) is 0 Å². The molecule has 0 N–H and O–H groups in total. The van der Waals surface area contributed by atoms with Crippen LogP contribution in [-0.4, -0.2) is 0 Å². The van der Waals surface area contributed by atoms with Crippen LogP contribution in [-0.2, 0) is 0 Å². The monoisotopic (exact) mass is 195 g/mol. The molecule has 1 atom stereocenters. The summed E-state index contributed by atoms with van der Waals surface area (Å²) in [6.07, 6.45) is 10.2. The van der Waals surface area contributed by atoms with E-state index in [-0.39, 0.29) is 0 Å². The maximum Gasteiger partial charge on any atom is 0.0386 e. The summed E-state index contributed by atoms with van der Waals surface area (Å²) in [5.41, 5.74) is 1.11. The highest BCUT2D eigenvalue weighted by Gasteiger charge is 2.03. The largest absolute Gasteiger partial charge is 0.0903 e. The lowest BCUT2D eigenvalue weighted by Gasteiger charge is -2.00. The molecule has 0 aromatic heterocycles. The van der Waals surface area contributed by atoms with E-state index in [1.165, 1.54) is 19.3 Å². The summed E-state index contributed by atoms with van der Waals surface area (Å²) < 4.78 is 0. The van der Waals surface area contributed by atoms with Crippen molar-refractivity contribution < 1.29 is 0 Å². The summed E-state index contributed by atoms with van der Waals surface area (Å²) in [6.45, 7) is 0. The van der Waals surface area contributed by atoms with Crippen LogP contribution in [0.25, 0.3) is 0 Å². The zero-order valence-electron chi connectivity index (χ0n) is 8.82. The number of hydrogen-bond acceptors (Lipinski definition) is 0. The fourth-order valence-electron chi connectivity index (χ4n) is 1.68. The summed E-state index contributed by atoms with van der Waals surface area (Å²) >= 11 is 0. The van der Waals surface area contributed by atoms with Gasteiger partial charge in [-0.05, 0) is 31.4 Å². The molecule has 0 heteroatoms. The summed E-state index contributed by atoms with van der Waals surface area (Å²) in [4.78, 5) is 0. The minimum Gasteiger partial charge on any atom is -0.0903 e. The molecule has 15 heavy (non-hydrogen) atoms. The van der Waals surface area contributed by atoms with E-state index in [9.17, 15) is 0 Å². The van der Waals surface area contributed by atoms with Gasteiger partial charge in [-0.15, -0.1) is 0 Å². The van der Waals surface area contributed by atoms with Gasteiger partial charge in [0.05, 0.1) is 0 Å². The van der Waals surface area contributed by atoms with E-state index in [1.54, 1.807) is 0 Å². The van der Waals surface area contributed by atoms with Crippen molar-refractivity contribution >= 4 is 0 Å². The first-order valence-corrected chi connectivity index (χ1v) is 5.52. The van der Waals surface area contributed by atoms with Crippen molar-refractivity contribution in [3.8, 4) is 11.8 Å². The van der Waals surface area contributed by atoms with Crippen LogP contribution in [0.1, 0.15) is 24.8 Å². The van der Waals surface area contributed by atoms with Crippen molar-refractivity contribution in [3.05, 3.63) is 54.5 Å². The summed E-state index contributed by atoms with van der Waals surface area (Å²) in [5, 5.41) is 0. The van der Waals surface area contributed by atoms with Crippen molar-refractivity contribution in [2.75, 3.05) is 0 Å². The van der Waals surface area contributed by atoms with Gasteiger partial charge in [-0.1, -0.05) is 48.6 Å². The fraction of sp³-hybridized carbons (Fsp3) is 0.267. The molecule has 0 spiro atoms. The van der Waals surface area contributed by atoms with Crippen LogP contribution in [0.3, 0.4) is 0 Å². The molecule has 1 aromatic carbocycles. The van der Waals surface area contributed by atoms with Crippen molar-refractivity contribution in [3.63, 3.8) is 0 Å². The van der Waals surface area contributed by atoms with Gasteiger partial charge < -0.3 is 0 Å². The molecule has 0 bridgehead atoms. The molecule has 1 aliphatic carbocycles. The van der Waals surface area contributed by atoms with Crippen LogP contribution in [0.15, 0.2) is 42.5 Å². The second kappa shape index (κ2) is 5.41. The standard InChI is InChI=1S/C15H15/c1-2-5-9-14(8-4-1)12-13-15-10-6-3-7-11-15/h1,3-4,6-8,10-11,14H,2,5,9H2/t14-/m0/s1. The average molecular weight is 195 g/mol. The molecule has 0 saturated heterocycles. The minimum absolute atomic E-state index is 0.434. The Hall–Kier alpha value is -1.48. The second-order valence-electron chi connectivity index (χ2n) is 3.79.